The van der Waals surface area contributed by atoms with Gasteiger partial charge in [0.1, 0.15) is 11.6 Å². The van der Waals surface area contributed by atoms with Gasteiger partial charge in [0.2, 0.25) is 0 Å². The van der Waals surface area contributed by atoms with Crippen molar-refractivity contribution in [3.63, 3.8) is 0 Å². The molecule has 6 heteroatoms. The first kappa shape index (κ1) is 15.3. The van der Waals surface area contributed by atoms with Crippen LogP contribution in [-0.2, 0) is 10.0 Å². The van der Waals surface area contributed by atoms with Gasteiger partial charge in [-0.2, -0.15) is 0 Å². The fourth-order valence-corrected chi connectivity index (χ4v) is 2.95. The molecule has 0 atom stereocenters. The smallest absolute Gasteiger partial charge is 0.261 e. The summed E-state index contributed by atoms with van der Waals surface area (Å²) in [6.07, 6.45) is 0. The minimum absolute atomic E-state index is 0.0169. The SMILES string of the molecule is CCOc1cccc(NS(=O)(=O)c2ccc(F)c(C)c2)c1. The van der Waals surface area contributed by atoms with Crippen molar-refractivity contribution in [1.82, 2.24) is 0 Å². The van der Waals surface area contributed by atoms with E-state index < -0.39 is 15.8 Å². The van der Waals surface area contributed by atoms with Gasteiger partial charge in [0, 0.05) is 6.07 Å². The Kier molecular flexibility index (Phi) is 4.47. The van der Waals surface area contributed by atoms with Gasteiger partial charge in [0.15, 0.2) is 0 Å². The van der Waals surface area contributed by atoms with Crippen LogP contribution in [0.25, 0.3) is 0 Å². The molecule has 0 amide bonds. The normalized spacial score (nSPS) is 11.2. The van der Waals surface area contributed by atoms with Gasteiger partial charge in [-0.3, -0.25) is 4.72 Å². The number of hydrogen-bond donors (Lipinski definition) is 1. The van der Waals surface area contributed by atoms with E-state index in [4.69, 9.17) is 4.74 Å². The maximum atomic E-state index is 13.2. The molecule has 0 saturated heterocycles. The van der Waals surface area contributed by atoms with Crippen molar-refractivity contribution in [3.05, 3.63) is 53.8 Å². The minimum atomic E-state index is -3.76. The number of nitrogens with one attached hydrogen (secondary N) is 1. The first-order valence-corrected chi connectivity index (χ1v) is 7.92. The average molecular weight is 309 g/mol. The predicted molar refractivity (Wildman–Crippen MR) is 79.6 cm³/mol. The molecule has 0 aliphatic carbocycles. The molecule has 112 valence electrons. The number of rotatable bonds is 5. The summed E-state index contributed by atoms with van der Waals surface area (Å²) in [6.45, 7) is 3.86. The number of aryl methyl sites for hydroxylation is 1. The summed E-state index contributed by atoms with van der Waals surface area (Å²) in [5, 5.41) is 0. The van der Waals surface area contributed by atoms with E-state index in [0.29, 0.717) is 18.0 Å². The summed E-state index contributed by atoms with van der Waals surface area (Å²) in [4.78, 5) is 0.0169. The van der Waals surface area contributed by atoms with Crippen LogP contribution in [0.5, 0.6) is 5.75 Å². The van der Waals surface area contributed by atoms with Crippen molar-refractivity contribution < 1.29 is 17.5 Å². The molecule has 0 aliphatic heterocycles. The van der Waals surface area contributed by atoms with E-state index in [0.717, 1.165) is 6.07 Å². The summed E-state index contributed by atoms with van der Waals surface area (Å²) in [7, 11) is -3.76. The molecule has 2 rings (SSSR count). The largest absolute Gasteiger partial charge is 0.494 e. The van der Waals surface area contributed by atoms with Crippen LogP contribution in [0, 0.1) is 12.7 Å². The molecule has 0 bridgehead atoms. The first-order chi connectivity index (χ1) is 9.92. The Morgan fingerprint density at radius 2 is 1.95 bits per heavy atom. The number of benzene rings is 2. The third-order valence-corrected chi connectivity index (χ3v) is 4.22. The lowest BCUT2D eigenvalue weighted by Crippen LogP contribution is -2.13. The lowest BCUT2D eigenvalue weighted by atomic mass is 10.2. The van der Waals surface area contributed by atoms with E-state index >= 15 is 0 Å². The Morgan fingerprint density at radius 1 is 1.19 bits per heavy atom. The number of ether oxygens (including phenoxy) is 1. The van der Waals surface area contributed by atoms with Gasteiger partial charge in [-0.1, -0.05) is 6.07 Å². The zero-order valence-corrected chi connectivity index (χ0v) is 12.6. The van der Waals surface area contributed by atoms with Crippen LogP contribution >= 0.6 is 0 Å². The quantitative estimate of drug-likeness (QED) is 0.921. The molecule has 4 nitrogen and oxygen atoms in total. The third kappa shape index (κ3) is 3.72. The van der Waals surface area contributed by atoms with E-state index in [1.54, 1.807) is 24.3 Å². The fraction of sp³-hybridized carbons (Fsp3) is 0.200. The van der Waals surface area contributed by atoms with E-state index in [-0.39, 0.29) is 10.5 Å². The second-order valence-corrected chi connectivity index (χ2v) is 6.16. The number of anilines is 1. The van der Waals surface area contributed by atoms with Crippen molar-refractivity contribution in [1.29, 1.82) is 0 Å². The molecule has 0 radical (unpaired) electrons. The van der Waals surface area contributed by atoms with Crippen LogP contribution in [0.4, 0.5) is 10.1 Å². The lowest BCUT2D eigenvalue weighted by molar-refractivity contribution is 0.340. The highest BCUT2D eigenvalue weighted by Gasteiger charge is 2.15. The Bertz CT molecular complexity index is 744. The number of hydrogen-bond acceptors (Lipinski definition) is 3. The van der Waals surface area contributed by atoms with Gasteiger partial charge < -0.3 is 4.74 Å². The first-order valence-electron chi connectivity index (χ1n) is 6.44. The van der Waals surface area contributed by atoms with Crippen LogP contribution in [0.1, 0.15) is 12.5 Å². The number of halogens is 1. The second kappa shape index (κ2) is 6.13. The van der Waals surface area contributed by atoms with Crippen LogP contribution in [0.15, 0.2) is 47.4 Å². The van der Waals surface area contributed by atoms with E-state index in [9.17, 15) is 12.8 Å². The van der Waals surface area contributed by atoms with E-state index in [1.807, 2.05) is 6.92 Å². The van der Waals surface area contributed by atoms with Gasteiger partial charge in [0.05, 0.1) is 17.2 Å². The van der Waals surface area contributed by atoms with Crippen molar-refractivity contribution in [2.45, 2.75) is 18.7 Å². The van der Waals surface area contributed by atoms with Crippen LogP contribution in [0.2, 0.25) is 0 Å². The molecule has 0 spiro atoms. The summed E-state index contributed by atoms with van der Waals surface area (Å²) >= 11 is 0. The molecule has 2 aromatic carbocycles. The van der Waals surface area contributed by atoms with Crippen molar-refractivity contribution in [2.24, 2.45) is 0 Å². The Morgan fingerprint density at radius 3 is 2.62 bits per heavy atom. The summed E-state index contributed by atoms with van der Waals surface area (Å²) in [5.74, 6) is 0.139. The molecule has 2 aromatic rings. The van der Waals surface area contributed by atoms with Gasteiger partial charge in [-0.05, 0) is 49.7 Å². The van der Waals surface area contributed by atoms with Crippen LogP contribution in [0.3, 0.4) is 0 Å². The Hall–Kier alpha value is -2.08. The van der Waals surface area contributed by atoms with Gasteiger partial charge >= 0.3 is 0 Å². The summed E-state index contributed by atoms with van der Waals surface area (Å²) in [5.41, 5.74) is 0.670. The van der Waals surface area contributed by atoms with Gasteiger partial charge in [0.25, 0.3) is 10.0 Å². The maximum Gasteiger partial charge on any atom is 0.261 e. The van der Waals surface area contributed by atoms with E-state index in [1.165, 1.54) is 19.1 Å². The Labute approximate surface area is 123 Å². The highest BCUT2D eigenvalue weighted by molar-refractivity contribution is 7.92. The highest BCUT2D eigenvalue weighted by atomic mass is 32.2. The molecule has 0 unspecified atom stereocenters. The molecule has 21 heavy (non-hydrogen) atoms. The molecular weight excluding hydrogens is 293 g/mol. The van der Waals surface area contributed by atoms with Crippen molar-refractivity contribution in [3.8, 4) is 5.75 Å². The van der Waals surface area contributed by atoms with Gasteiger partial charge in [-0.15, -0.1) is 0 Å². The zero-order valence-electron chi connectivity index (χ0n) is 11.8. The molecule has 0 heterocycles. The van der Waals surface area contributed by atoms with E-state index in [2.05, 4.69) is 4.72 Å². The molecule has 0 saturated carbocycles. The number of sulfonamides is 1. The third-order valence-electron chi connectivity index (χ3n) is 2.84. The van der Waals surface area contributed by atoms with Crippen LogP contribution < -0.4 is 9.46 Å². The van der Waals surface area contributed by atoms with Crippen LogP contribution in [-0.4, -0.2) is 15.0 Å². The fourth-order valence-electron chi connectivity index (χ4n) is 1.81. The molecule has 0 aromatic heterocycles. The monoisotopic (exact) mass is 309 g/mol. The zero-order chi connectivity index (χ0) is 15.5. The predicted octanol–water partition coefficient (Wildman–Crippen LogP) is 3.33. The van der Waals surface area contributed by atoms with Crippen molar-refractivity contribution >= 4 is 15.7 Å². The Balaban J connectivity index is 2.28. The minimum Gasteiger partial charge on any atom is -0.494 e. The lowest BCUT2D eigenvalue weighted by Gasteiger charge is -2.10. The van der Waals surface area contributed by atoms with Gasteiger partial charge in [-0.25, -0.2) is 12.8 Å². The van der Waals surface area contributed by atoms with Crippen molar-refractivity contribution in [2.75, 3.05) is 11.3 Å². The average Bonchev–Trinajstić information content (AvgIpc) is 2.42. The second-order valence-electron chi connectivity index (χ2n) is 4.48. The molecular formula is C15H16FNO3S. The highest BCUT2D eigenvalue weighted by Crippen LogP contribution is 2.22. The molecule has 1 N–H and O–H groups in total. The molecule has 0 aliphatic rings. The summed E-state index contributed by atoms with van der Waals surface area (Å²) < 4.78 is 45.5. The summed E-state index contributed by atoms with van der Waals surface area (Å²) in [6, 6.07) is 10.3. The standard InChI is InChI=1S/C15H16FNO3S/c1-3-20-13-6-4-5-12(10-13)17-21(18,19)14-7-8-15(16)11(2)9-14/h4-10,17H,3H2,1-2H3. The maximum absolute atomic E-state index is 13.2. The molecule has 0 fully saturated rings. The topological polar surface area (TPSA) is 55.4 Å².